The Morgan fingerprint density at radius 3 is 2.70 bits per heavy atom. The number of ether oxygens (including phenoxy) is 1. The van der Waals surface area contributed by atoms with Crippen LogP contribution in [0.5, 0.6) is 5.88 Å². The molecule has 1 aliphatic heterocycles. The van der Waals surface area contributed by atoms with E-state index in [1.165, 1.54) is 0 Å². The maximum atomic E-state index is 9.88. The third-order valence-corrected chi connectivity index (χ3v) is 4.86. The summed E-state index contributed by atoms with van der Waals surface area (Å²) in [6, 6.07) is 15.9. The van der Waals surface area contributed by atoms with Gasteiger partial charge in [-0.1, -0.05) is 36.4 Å². The number of nitrogens with zero attached hydrogens (tertiary/aromatic N) is 3. The fraction of sp³-hybridized carbons (Fsp3) is 0.273. The summed E-state index contributed by atoms with van der Waals surface area (Å²) in [4.78, 5) is 11.2. The highest BCUT2D eigenvalue weighted by molar-refractivity contribution is 5.64. The fourth-order valence-corrected chi connectivity index (χ4v) is 3.41. The van der Waals surface area contributed by atoms with Crippen LogP contribution in [-0.2, 0) is 6.61 Å². The minimum Gasteiger partial charge on any atom is -0.472 e. The summed E-state index contributed by atoms with van der Waals surface area (Å²) in [5.41, 5.74) is 4.90. The molecule has 1 aromatic carbocycles. The largest absolute Gasteiger partial charge is 0.472 e. The second-order valence-corrected chi connectivity index (χ2v) is 6.87. The molecule has 3 aromatic rings. The molecule has 0 saturated carbocycles. The van der Waals surface area contributed by atoms with Gasteiger partial charge in [-0.25, -0.2) is 4.98 Å². The summed E-state index contributed by atoms with van der Waals surface area (Å²) in [5, 5.41) is 9.88. The summed E-state index contributed by atoms with van der Waals surface area (Å²) in [7, 11) is 0. The van der Waals surface area contributed by atoms with Crippen LogP contribution in [-0.4, -0.2) is 34.3 Å². The zero-order chi connectivity index (χ0) is 18.6. The zero-order valence-electron chi connectivity index (χ0n) is 15.4. The van der Waals surface area contributed by atoms with E-state index in [-0.39, 0.29) is 12.7 Å². The smallest absolute Gasteiger partial charge is 0.213 e. The summed E-state index contributed by atoms with van der Waals surface area (Å²) < 4.78 is 6.01. The molecule has 1 atom stereocenters. The van der Waals surface area contributed by atoms with Gasteiger partial charge in [0, 0.05) is 36.4 Å². The monoisotopic (exact) mass is 361 g/mol. The third-order valence-electron chi connectivity index (χ3n) is 4.86. The zero-order valence-corrected chi connectivity index (χ0v) is 15.4. The predicted molar refractivity (Wildman–Crippen MR) is 106 cm³/mol. The Morgan fingerprint density at radius 1 is 1.11 bits per heavy atom. The van der Waals surface area contributed by atoms with Crippen LogP contribution in [0.2, 0.25) is 0 Å². The van der Waals surface area contributed by atoms with E-state index < -0.39 is 0 Å². The first-order valence-corrected chi connectivity index (χ1v) is 9.22. The maximum Gasteiger partial charge on any atom is 0.213 e. The van der Waals surface area contributed by atoms with Crippen molar-refractivity contribution >= 4 is 5.69 Å². The molecular weight excluding hydrogens is 338 g/mol. The SMILES string of the molecule is Cc1ccc(O[C@@H]2CCN(c3cnc(-c4ccccc4)cc3CO)C2)nc1. The first-order valence-electron chi connectivity index (χ1n) is 9.22. The Morgan fingerprint density at radius 2 is 1.96 bits per heavy atom. The van der Waals surface area contributed by atoms with E-state index in [0.717, 1.165) is 47.6 Å². The number of hydrogen-bond acceptors (Lipinski definition) is 5. The Kier molecular flexibility index (Phi) is 5.03. The quantitative estimate of drug-likeness (QED) is 0.752. The van der Waals surface area contributed by atoms with Crippen LogP contribution in [0.15, 0.2) is 60.9 Å². The Hall–Kier alpha value is -2.92. The maximum absolute atomic E-state index is 9.88. The lowest BCUT2D eigenvalue weighted by atomic mass is 10.1. The highest BCUT2D eigenvalue weighted by Crippen LogP contribution is 2.29. The van der Waals surface area contributed by atoms with Crippen molar-refractivity contribution < 1.29 is 9.84 Å². The molecule has 5 heteroatoms. The van der Waals surface area contributed by atoms with Gasteiger partial charge in [-0.15, -0.1) is 0 Å². The molecule has 5 nitrogen and oxygen atoms in total. The average Bonchev–Trinajstić information content (AvgIpc) is 3.18. The van der Waals surface area contributed by atoms with E-state index in [1.54, 1.807) is 0 Å². The van der Waals surface area contributed by atoms with Gasteiger partial charge < -0.3 is 14.7 Å². The van der Waals surface area contributed by atoms with Gasteiger partial charge >= 0.3 is 0 Å². The van der Waals surface area contributed by atoms with E-state index in [9.17, 15) is 5.11 Å². The van der Waals surface area contributed by atoms with Gasteiger partial charge in [0.05, 0.1) is 30.7 Å². The van der Waals surface area contributed by atoms with Crippen LogP contribution in [0.4, 0.5) is 5.69 Å². The highest BCUT2D eigenvalue weighted by Gasteiger charge is 2.26. The van der Waals surface area contributed by atoms with Crippen molar-refractivity contribution in [2.24, 2.45) is 0 Å². The number of aliphatic hydroxyl groups is 1. The van der Waals surface area contributed by atoms with Gasteiger partial charge in [0.2, 0.25) is 5.88 Å². The van der Waals surface area contributed by atoms with Gasteiger partial charge in [-0.05, 0) is 18.6 Å². The molecule has 0 amide bonds. The summed E-state index contributed by atoms with van der Waals surface area (Å²) in [6.07, 6.45) is 4.68. The predicted octanol–water partition coefficient (Wildman–Crippen LogP) is 3.60. The minimum atomic E-state index is -0.0147. The second-order valence-electron chi connectivity index (χ2n) is 6.87. The molecule has 0 spiro atoms. The summed E-state index contributed by atoms with van der Waals surface area (Å²) >= 11 is 0. The summed E-state index contributed by atoms with van der Waals surface area (Å²) in [6.45, 7) is 3.63. The Labute approximate surface area is 159 Å². The van der Waals surface area contributed by atoms with Crippen molar-refractivity contribution in [2.75, 3.05) is 18.0 Å². The first kappa shape index (κ1) is 17.5. The first-order chi connectivity index (χ1) is 13.2. The van der Waals surface area contributed by atoms with Crippen LogP contribution in [0.25, 0.3) is 11.3 Å². The number of anilines is 1. The molecule has 0 unspecified atom stereocenters. The van der Waals surface area contributed by atoms with Gasteiger partial charge in [0.15, 0.2) is 0 Å². The van der Waals surface area contributed by atoms with E-state index in [4.69, 9.17) is 4.74 Å². The van der Waals surface area contributed by atoms with Crippen LogP contribution >= 0.6 is 0 Å². The summed E-state index contributed by atoms with van der Waals surface area (Å²) in [5.74, 6) is 0.660. The lowest BCUT2D eigenvalue weighted by Gasteiger charge is -2.21. The molecule has 2 aromatic heterocycles. The van der Waals surface area contributed by atoms with Gasteiger partial charge in [-0.3, -0.25) is 4.98 Å². The van der Waals surface area contributed by atoms with E-state index in [2.05, 4.69) is 14.9 Å². The molecular formula is C22H23N3O2. The number of aromatic nitrogens is 2. The second kappa shape index (κ2) is 7.76. The van der Waals surface area contributed by atoms with Crippen molar-refractivity contribution in [3.63, 3.8) is 0 Å². The van der Waals surface area contributed by atoms with Crippen molar-refractivity contribution in [3.05, 3.63) is 72.1 Å². The number of aliphatic hydroxyl groups excluding tert-OH is 1. The highest BCUT2D eigenvalue weighted by atomic mass is 16.5. The number of aryl methyl sites for hydroxylation is 1. The van der Waals surface area contributed by atoms with Crippen molar-refractivity contribution in [2.45, 2.75) is 26.1 Å². The minimum absolute atomic E-state index is 0.0147. The van der Waals surface area contributed by atoms with Crippen molar-refractivity contribution in [3.8, 4) is 17.1 Å². The molecule has 0 aliphatic carbocycles. The van der Waals surface area contributed by atoms with Gasteiger partial charge in [0.25, 0.3) is 0 Å². The average molecular weight is 361 g/mol. The molecule has 1 aliphatic rings. The molecule has 1 saturated heterocycles. The molecule has 3 heterocycles. The third kappa shape index (κ3) is 3.93. The van der Waals surface area contributed by atoms with Gasteiger partial charge in [0.1, 0.15) is 6.10 Å². The molecule has 1 N–H and O–H groups in total. The topological polar surface area (TPSA) is 58.5 Å². The Bertz CT molecular complexity index is 897. The number of hydrogen-bond donors (Lipinski definition) is 1. The molecule has 1 fully saturated rings. The molecule has 0 bridgehead atoms. The number of rotatable bonds is 5. The lowest BCUT2D eigenvalue weighted by Crippen LogP contribution is -2.25. The number of benzene rings is 1. The molecule has 27 heavy (non-hydrogen) atoms. The Balaban J connectivity index is 1.49. The van der Waals surface area contributed by atoms with E-state index in [1.807, 2.05) is 67.8 Å². The van der Waals surface area contributed by atoms with Gasteiger partial charge in [-0.2, -0.15) is 0 Å². The van der Waals surface area contributed by atoms with Crippen molar-refractivity contribution in [1.29, 1.82) is 0 Å². The lowest BCUT2D eigenvalue weighted by molar-refractivity contribution is 0.215. The van der Waals surface area contributed by atoms with Crippen LogP contribution in [0, 0.1) is 6.92 Å². The van der Waals surface area contributed by atoms with E-state index >= 15 is 0 Å². The fourth-order valence-electron chi connectivity index (χ4n) is 3.41. The number of pyridine rings is 2. The van der Waals surface area contributed by atoms with Crippen molar-refractivity contribution in [1.82, 2.24) is 9.97 Å². The standard InChI is InChI=1S/C22H23N3O2/c1-16-7-8-22(24-12-16)27-19-9-10-25(14-19)21-13-23-20(11-18(21)15-26)17-5-3-2-4-6-17/h2-8,11-13,19,26H,9-10,14-15H2,1H3/t19-/m1/s1. The van der Waals surface area contributed by atoms with Crippen LogP contribution in [0.3, 0.4) is 0 Å². The molecule has 138 valence electrons. The van der Waals surface area contributed by atoms with Crippen LogP contribution in [0.1, 0.15) is 17.5 Å². The molecule has 0 radical (unpaired) electrons. The molecule has 4 rings (SSSR count). The van der Waals surface area contributed by atoms with Crippen LogP contribution < -0.4 is 9.64 Å². The normalized spacial score (nSPS) is 16.5. The van der Waals surface area contributed by atoms with E-state index in [0.29, 0.717) is 5.88 Å².